The Labute approximate surface area is 341 Å². The number of alkyl halides is 3. The average Bonchev–Trinajstić information content (AvgIpc) is 3.76. The number of hydrogen-bond acceptors (Lipinski definition) is 21. The van der Waals surface area contributed by atoms with Crippen molar-refractivity contribution in [2.75, 3.05) is 17.2 Å². The van der Waals surface area contributed by atoms with Gasteiger partial charge in [0, 0.05) is 42.4 Å². The Hall–Kier alpha value is -6.33. The van der Waals surface area contributed by atoms with Crippen molar-refractivity contribution >= 4 is 105 Å². The van der Waals surface area contributed by atoms with Crippen LogP contribution in [-0.2, 0) is 38.4 Å². The molecule has 0 unspecified atom stereocenters. The molecule has 1 saturated heterocycles. The number of amides is 2. The molecule has 2 aliphatic rings. The molecule has 0 aliphatic carbocycles. The summed E-state index contributed by atoms with van der Waals surface area (Å²) in [6, 6.07) is 1.83. The SMILES string of the molecule is CC(=O)Oc1ccc([C@@H](O/N=C(\C(=O)N[C@@H]2C(=O)N3C(C(=O)O)=C(CSc4snc(OC(=O)C(F)(F)F)c4C(=O)O)CS[C@@H]23)c2nsc(N)n2)C(=O)O)cc1OC(C)=O. The predicted molar refractivity (Wildman–Crippen MR) is 193 cm³/mol. The molecule has 59 heavy (non-hydrogen) atoms. The number of esters is 3. The number of ether oxygens (including phenoxy) is 3. The fraction of sp³-hybridized carbons (Fsp3) is 0.267. The van der Waals surface area contributed by atoms with E-state index in [-0.39, 0.29) is 43.5 Å². The summed E-state index contributed by atoms with van der Waals surface area (Å²) in [5.41, 5.74) is 3.32. The zero-order chi connectivity index (χ0) is 43.5. The lowest BCUT2D eigenvalue weighted by molar-refractivity contribution is -0.189. The molecule has 312 valence electrons. The molecule has 2 aliphatic heterocycles. The maximum atomic E-state index is 13.6. The number of thioether (sulfide) groups is 2. The number of hydrogen-bond donors (Lipinski definition) is 5. The number of aliphatic carboxylic acids is 2. The van der Waals surface area contributed by atoms with E-state index in [0.717, 1.165) is 48.7 Å². The maximum absolute atomic E-state index is 13.6. The highest BCUT2D eigenvalue weighted by atomic mass is 32.2. The number of oxime groups is 1. The van der Waals surface area contributed by atoms with Crippen LogP contribution in [-0.4, -0.2) is 116 Å². The molecule has 3 atom stereocenters. The molecule has 5 rings (SSSR count). The number of nitrogens with one attached hydrogen (secondary N) is 1. The first kappa shape index (κ1) is 43.8. The highest BCUT2D eigenvalue weighted by Gasteiger charge is 2.54. The number of rotatable bonds is 15. The third-order valence-electron chi connectivity index (χ3n) is 7.30. The second-order valence-corrected chi connectivity index (χ2v) is 15.3. The molecule has 2 amide bonds. The van der Waals surface area contributed by atoms with Crippen LogP contribution in [0.2, 0.25) is 0 Å². The normalized spacial score (nSPS) is 16.9. The molecule has 0 bridgehead atoms. The van der Waals surface area contributed by atoms with Crippen molar-refractivity contribution in [2.24, 2.45) is 5.16 Å². The van der Waals surface area contributed by atoms with Gasteiger partial charge < -0.3 is 45.4 Å². The summed E-state index contributed by atoms with van der Waals surface area (Å²) in [4.78, 5) is 108. The zero-order valence-corrected chi connectivity index (χ0v) is 32.5. The quantitative estimate of drug-likeness (QED) is 0.0362. The van der Waals surface area contributed by atoms with Crippen molar-refractivity contribution in [2.45, 2.75) is 41.8 Å². The van der Waals surface area contributed by atoms with Gasteiger partial charge >= 0.3 is 42.0 Å². The molecule has 0 saturated carbocycles. The van der Waals surface area contributed by atoms with E-state index in [2.05, 4.69) is 28.9 Å². The molecule has 22 nitrogen and oxygen atoms in total. The molecular formula is C30H22F3N7O15S4. The summed E-state index contributed by atoms with van der Waals surface area (Å²) in [5.74, 6) is -14.2. The van der Waals surface area contributed by atoms with E-state index < -0.39 is 100 Å². The minimum atomic E-state index is -5.45. The summed E-state index contributed by atoms with van der Waals surface area (Å²) >= 11 is 2.59. The van der Waals surface area contributed by atoms with Crippen LogP contribution in [0.15, 0.2) is 38.8 Å². The number of β-lactam (4-membered cyclic amide) rings is 1. The van der Waals surface area contributed by atoms with Gasteiger partial charge in [0.25, 0.3) is 11.8 Å². The molecule has 2 aromatic heterocycles. The van der Waals surface area contributed by atoms with Gasteiger partial charge in [0.05, 0.1) is 4.21 Å². The Kier molecular flexibility index (Phi) is 13.1. The lowest BCUT2D eigenvalue weighted by atomic mass is 10.0. The van der Waals surface area contributed by atoms with Gasteiger partial charge in [-0.05, 0) is 29.2 Å². The number of carbonyl (C=O) groups is 8. The van der Waals surface area contributed by atoms with E-state index in [0.29, 0.717) is 34.8 Å². The fourth-order valence-electron chi connectivity index (χ4n) is 4.94. The third-order valence-corrected chi connectivity index (χ3v) is 11.3. The van der Waals surface area contributed by atoms with Crippen molar-refractivity contribution in [3.05, 3.63) is 46.4 Å². The van der Waals surface area contributed by atoms with Crippen LogP contribution in [0.5, 0.6) is 17.4 Å². The Bertz CT molecular complexity index is 2350. The van der Waals surface area contributed by atoms with Gasteiger partial charge in [0.15, 0.2) is 16.6 Å². The Morgan fingerprint density at radius 2 is 1.69 bits per heavy atom. The van der Waals surface area contributed by atoms with Crippen molar-refractivity contribution in [3.8, 4) is 17.4 Å². The first-order valence-electron chi connectivity index (χ1n) is 15.6. The number of benzene rings is 1. The Balaban J connectivity index is 1.36. The number of nitrogen functional groups attached to an aromatic ring is 1. The van der Waals surface area contributed by atoms with E-state index in [1.54, 1.807) is 0 Å². The summed E-state index contributed by atoms with van der Waals surface area (Å²) in [7, 11) is 0. The number of carbonyl (C=O) groups excluding carboxylic acids is 5. The fourth-order valence-corrected chi connectivity index (χ4v) is 8.77. The molecule has 1 aromatic carbocycles. The molecule has 1 fully saturated rings. The number of aromatic carboxylic acids is 1. The van der Waals surface area contributed by atoms with Crippen LogP contribution >= 0.6 is 46.6 Å². The number of fused-ring (bicyclic) bond motifs is 1. The van der Waals surface area contributed by atoms with E-state index in [4.69, 9.17) is 20.0 Å². The minimum Gasteiger partial charge on any atom is -0.478 e. The Morgan fingerprint density at radius 3 is 2.27 bits per heavy atom. The number of carboxylic acid groups (broad SMARTS) is 3. The van der Waals surface area contributed by atoms with Crippen LogP contribution < -0.4 is 25.3 Å². The van der Waals surface area contributed by atoms with Crippen LogP contribution in [0.1, 0.15) is 41.7 Å². The second kappa shape index (κ2) is 17.7. The first-order chi connectivity index (χ1) is 27.7. The molecule has 4 heterocycles. The van der Waals surface area contributed by atoms with E-state index in [9.17, 15) is 66.8 Å². The monoisotopic (exact) mass is 905 g/mol. The molecule has 0 radical (unpaired) electrons. The van der Waals surface area contributed by atoms with Gasteiger partial charge in [0.1, 0.15) is 22.7 Å². The number of aromatic nitrogens is 3. The van der Waals surface area contributed by atoms with E-state index in [1.165, 1.54) is 0 Å². The van der Waals surface area contributed by atoms with Gasteiger partial charge in [0.2, 0.25) is 23.5 Å². The summed E-state index contributed by atoms with van der Waals surface area (Å²) in [6.45, 7) is 2.09. The first-order valence-corrected chi connectivity index (χ1v) is 19.2. The van der Waals surface area contributed by atoms with Crippen LogP contribution in [0.4, 0.5) is 18.3 Å². The molecule has 3 aromatic rings. The average molecular weight is 906 g/mol. The predicted octanol–water partition coefficient (Wildman–Crippen LogP) is 1.67. The highest BCUT2D eigenvalue weighted by molar-refractivity contribution is 8.02. The minimum absolute atomic E-state index is 0.0655. The Morgan fingerprint density at radius 1 is 1.02 bits per heavy atom. The maximum Gasteiger partial charge on any atom is 0.491 e. The largest absolute Gasteiger partial charge is 0.491 e. The van der Waals surface area contributed by atoms with Gasteiger partial charge in [-0.1, -0.05) is 11.2 Å². The van der Waals surface area contributed by atoms with Crippen molar-refractivity contribution < 1.29 is 85.9 Å². The van der Waals surface area contributed by atoms with Crippen molar-refractivity contribution in [1.29, 1.82) is 0 Å². The smallest absolute Gasteiger partial charge is 0.478 e. The third kappa shape index (κ3) is 9.87. The summed E-state index contributed by atoms with van der Waals surface area (Å²) in [6.07, 6.45) is -7.47. The van der Waals surface area contributed by atoms with Crippen LogP contribution in [0, 0.1) is 0 Å². The lowest BCUT2D eigenvalue weighted by Crippen LogP contribution is -2.71. The number of anilines is 1. The number of nitrogens with zero attached hydrogens (tertiary/aromatic N) is 5. The van der Waals surface area contributed by atoms with Crippen molar-refractivity contribution in [3.63, 3.8) is 0 Å². The van der Waals surface area contributed by atoms with Gasteiger partial charge in [-0.3, -0.25) is 24.1 Å². The van der Waals surface area contributed by atoms with Gasteiger partial charge in [-0.2, -0.15) is 26.9 Å². The van der Waals surface area contributed by atoms with Crippen LogP contribution in [0.25, 0.3) is 0 Å². The number of halogens is 3. The second-order valence-electron chi connectivity index (χ2n) is 11.4. The zero-order valence-electron chi connectivity index (χ0n) is 29.2. The summed E-state index contributed by atoms with van der Waals surface area (Å²) in [5, 5.41) is 34.4. The lowest BCUT2D eigenvalue weighted by Gasteiger charge is -2.49. The molecule has 0 spiro atoms. The van der Waals surface area contributed by atoms with E-state index in [1.807, 2.05) is 0 Å². The van der Waals surface area contributed by atoms with Gasteiger partial charge in [-0.15, -0.1) is 23.5 Å². The van der Waals surface area contributed by atoms with Crippen LogP contribution in [0.3, 0.4) is 0 Å². The number of nitrogens with two attached hydrogens (primary N) is 1. The molecular weight excluding hydrogens is 884 g/mol. The standard InChI is InChI=1S/C30H22F3N7O15S4/c1-8(41)52-12-4-3-10(5-13(12)53-9(2)42)18(26(49)50)55-37-15(19-36-29(34)59-38-19)20(43)35-16-22(44)40-17(25(47)48)11(6-56-23(16)40)7-57-27-14(24(45)46)21(39-58-27)54-28(51)30(31,32)33/h3-5,16,18,23H,6-7H2,1-2H3,(H,35,43)(H,45,46)(H,47,48)(H,49,50)(H2,34,36,38)/b37-15-/t16-,18-,23+/m1/s1. The highest BCUT2D eigenvalue weighted by Crippen LogP contribution is 2.43. The molecule has 6 N–H and O–H groups in total. The topological polar surface area (TPSA) is 326 Å². The van der Waals surface area contributed by atoms with Gasteiger partial charge in [-0.25, -0.2) is 19.2 Å². The summed E-state index contributed by atoms with van der Waals surface area (Å²) < 4.78 is 59.3. The molecule has 29 heteroatoms. The van der Waals surface area contributed by atoms with Crippen molar-refractivity contribution in [1.82, 2.24) is 23.9 Å². The number of carboxylic acids is 3. The van der Waals surface area contributed by atoms with E-state index >= 15 is 0 Å².